The van der Waals surface area contributed by atoms with Gasteiger partial charge in [0.1, 0.15) is 0 Å². The molecule has 96 valence electrons. The SMILES string of the molecule is C1CCC2N=C(NC3CCOCC3)SCC2C1. The van der Waals surface area contributed by atoms with Crippen LogP contribution in [0.5, 0.6) is 0 Å². The molecule has 0 aromatic heterocycles. The maximum Gasteiger partial charge on any atom is 0.157 e. The minimum atomic E-state index is 0.593. The molecule has 1 aliphatic carbocycles. The molecule has 0 amide bonds. The first-order valence-electron chi connectivity index (χ1n) is 6.97. The first-order chi connectivity index (χ1) is 8.42. The van der Waals surface area contributed by atoms with Crippen molar-refractivity contribution in [1.29, 1.82) is 0 Å². The Labute approximate surface area is 108 Å². The summed E-state index contributed by atoms with van der Waals surface area (Å²) < 4.78 is 5.39. The van der Waals surface area contributed by atoms with Crippen molar-refractivity contribution in [1.82, 2.24) is 5.32 Å². The zero-order valence-electron chi connectivity index (χ0n) is 10.4. The second-order valence-corrected chi connectivity index (χ2v) is 6.40. The predicted octanol–water partition coefficient (Wildman–Crippen LogP) is 2.42. The van der Waals surface area contributed by atoms with E-state index in [1.165, 1.54) is 36.6 Å². The molecule has 2 unspecified atom stereocenters. The summed E-state index contributed by atoms with van der Waals surface area (Å²) in [7, 11) is 0. The largest absolute Gasteiger partial charge is 0.381 e. The number of hydrogen-bond donors (Lipinski definition) is 1. The molecule has 0 aromatic rings. The Hall–Kier alpha value is -0.220. The Morgan fingerprint density at radius 2 is 1.94 bits per heavy atom. The Balaban J connectivity index is 1.57. The van der Waals surface area contributed by atoms with Crippen molar-refractivity contribution in [3.8, 4) is 0 Å². The van der Waals surface area contributed by atoms with E-state index >= 15 is 0 Å². The predicted molar refractivity (Wildman–Crippen MR) is 72.6 cm³/mol. The van der Waals surface area contributed by atoms with E-state index in [4.69, 9.17) is 9.73 Å². The van der Waals surface area contributed by atoms with Crippen LogP contribution < -0.4 is 5.32 Å². The Morgan fingerprint density at radius 3 is 2.82 bits per heavy atom. The fourth-order valence-electron chi connectivity index (χ4n) is 3.02. The van der Waals surface area contributed by atoms with Crippen molar-refractivity contribution in [2.75, 3.05) is 19.0 Å². The maximum absolute atomic E-state index is 5.39. The van der Waals surface area contributed by atoms with Crippen LogP contribution in [0, 0.1) is 5.92 Å². The molecule has 0 aromatic carbocycles. The molecule has 0 spiro atoms. The highest BCUT2D eigenvalue weighted by Gasteiger charge is 2.29. The average Bonchev–Trinajstić information content (AvgIpc) is 2.40. The Morgan fingerprint density at radius 1 is 1.12 bits per heavy atom. The van der Waals surface area contributed by atoms with Gasteiger partial charge in [0, 0.05) is 25.0 Å². The number of nitrogens with one attached hydrogen (secondary N) is 1. The van der Waals surface area contributed by atoms with Crippen LogP contribution in [0.3, 0.4) is 0 Å². The minimum absolute atomic E-state index is 0.593. The van der Waals surface area contributed by atoms with Crippen LogP contribution in [0.4, 0.5) is 0 Å². The van der Waals surface area contributed by atoms with Gasteiger partial charge in [-0.25, -0.2) is 0 Å². The van der Waals surface area contributed by atoms with Crippen LogP contribution in [0.2, 0.25) is 0 Å². The Kier molecular flexibility index (Phi) is 3.91. The number of rotatable bonds is 1. The monoisotopic (exact) mass is 254 g/mol. The number of fused-ring (bicyclic) bond motifs is 1. The molecule has 0 radical (unpaired) electrons. The molecule has 1 saturated heterocycles. The van der Waals surface area contributed by atoms with Crippen LogP contribution in [-0.4, -0.2) is 36.2 Å². The van der Waals surface area contributed by atoms with Gasteiger partial charge >= 0.3 is 0 Å². The van der Waals surface area contributed by atoms with Gasteiger partial charge in [-0.05, 0) is 31.6 Å². The van der Waals surface area contributed by atoms with Crippen LogP contribution in [0.1, 0.15) is 38.5 Å². The number of amidine groups is 1. The molecular formula is C13H22N2OS. The number of ether oxygens (including phenoxy) is 1. The third-order valence-electron chi connectivity index (χ3n) is 4.14. The Bertz CT molecular complexity index is 289. The first-order valence-corrected chi connectivity index (χ1v) is 7.95. The highest BCUT2D eigenvalue weighted by molar-refractivity contribution is 8.13. The summed E-state index contributed by atoms with van der Waals surface area (Å²) in [6, 6.07) is 1.21. The lowest BCUT2D eigenvalue weighted by Crippen LogP contribution is -2.41. The van der Waals surface area contributed by atoms with Gasteiger partial charge in [-0.15, -0.1) is 0 Å². The molecule has 2 heterocycles. The molecule has 1 saturated carbocycles. The van der Waals surface area contributed by atoms with Gasteiger partial charge in [-0.1, -0.05) is 24.6 Å². The van der Waals surface area contributed by atoms with Gasteiger partial charge in [-0.3, -0.25) is 4.99 Å². The molecule has 17 heavy (non-hydrogen) atoms. The highest BCUT2D eigenvalue weighted by atomic mass is 32.2. The molecule has 1 N–H and O–H groups in total. The third-order valence-corrected chi connectivity index (χ3v) is 5.23. The first kappa shape index (κ1) is 11.8. The van der Waals surface area contributed by atoms with Gasteiger partial charge in [0.05, 0.1) is 6.04 Å². The lowest BCUT2D eigenvalue weighted by Gasteiger charge is -2.34. The molecule has 2 fully saturated rings. The number of hydrogen-bond acceptors (Lipinski definition) is 4. The topological polar surface area (TPSA) is 33.6 Å². The van der Waals surface area contributed by atoms with Crippen LogP contribution in [-0.2, 0) is 4.74 Å². The second kappa shape index (κ2) is 5.61. The van der Waals surface area contributed by atoms with Gasteiger partial charge in [0.2, 0.25) is 0 Å². The van der Waals surface area contributed by atoms with E-state index in [0.717, 1.165) is 32.0 Å². The van der Waals surface area contributed by atoms with Crippen molar-refractivity contribution in [2.45, 2.75) is 50.6 Å². The fourth-order valence-corrected chi connectivity index (χ4v) is 4.24. The van der Waals surface area contributed by atoms with Crippen molar-refractivity contribution in [2.24, 2.45) is 10.9 Å². The molecule has 0 bridgehead atoms. The average molecular weight is 254 g/mol. The zero-order chi connectivity index (χ0) is 11.5. The highest BCUT2D eigenvalue weighted by Crippen LogP contribution is 2.33. The molecule has 2 atom stereocenters. The molecule has 3 rings (SSSR count). The smallest absolute Gasteiger partial charge is 0.157 e. The molecular weight excluding hydrogens is 232 g/mol. The molecule has 4 heteroatoms. The van der Waals surface area contributed by atoms with Crippen molar-refractivity contribution in [3.63, 3.8) is 0 Å². The van der Waals surface area contributed by atoms with Crippen LogP contribution in [0.25, 0.3) is 0 Å². The van der Waals surface area contributed by atoms with E-state index in [1.54, 1.807) is 0 Å². The van der Waals surface area contributed by atoms with Crippen molar-refractivity contribution < 1.29 is 4.74 Å². The lowest BCUT2D eigenvalue weighted by molar-refractivity contribution is 0.0826. The van der Waals surface area contributed by atoms with E-state index < -0.39 is 0 Å². The van der Waals surface area contributed by atoms with E-state index in [9.17, 15) is 0 Å². The van der Waals surface area contributed by atoms with Crippen LogP contribution in [0.15, 0.2) is 4.99 Å². The summed E-state index contributed by atoms with van der Waals surface area (Å²) in [5.41, 5.74) is 0. The van der Waals surface area contributed by atoms with Crippen molar-refractivity contribution >= 4 is 16.9 Å². The molecule has 3 nitrogen and oxygen atoms in total. The standard InChI is InChI=1S/C13H22N2OS/c1-2-4-12-10(3-1)9-17-13(15-12)14-11-5-7-16-8-6-11/h10-12H,1-9H2,(H,14,15). The summed E-state index contributed by atoms with van der Waals surface area (Å²) >= 11 is 1.94. The maximum atomic E-state index is 5.39. The quantitative estimate of drug-likeness (QED) is 0.780. The number of thioether (sulfide) groups is 1. The van der Waals surface area contributed by atoms with Gasteiger partial charge in [0.15, 0.2) is 5.17 Å². The van der Waals surface area contributed by atoms with Crippen LogP contribution >= 0.6 is 11.8 Å². The summed E-state index contributed by atoms with van der Waals surface area (Å²) in [6.07, 6.45) is 7.76. The summed E-state index contributed by atoms with van der Waals surface area (Å²) in [5.74, 6) is 2.13. The summed E-state index contributed by atoms with van der Waals surface area (Å²) in [4.78, 5) is 4.93. The summed E-state index contributed by atoms with van der Waals surface area (Å²) in [5, 5.41) is 4.83. The van der Waals surface area contributed by atoms with Gasteiger partial charge in [0.25, 0.3) is 0 Å². The van der Waals surface area contributed by atoms with E-state index in [2.05, 4.69) is 5.32 Å². The van der Waals surface area contributed by atoms with E-state index in [0.29, 0.717) is 12.1 Å². The van der Waals surface area contributed by atoms with Crippen molar-refractivity contribution in [3.05, 3.63) is 0 Å². The summed E-state index contributed by atoms with van der Waals surface area (Å²) in [6.45, 7) is 1.81. The van der Waals surface area contributed by atoms with E-state index in [-0.39, 0.29) is 0 Å². The molecule has 3 aliphatic rings. The normalized spacial score (nSPS) is 34.9. The van der Waals surface area contributed by atoms with E-state index in [1.807, 2.05) is 11.8 Å². The minimum Gasteiger partial charge on any atom is -0.381 e. The van der Waals surface area contributed by atoms with Gasteiger partial charge in [-0.2, -0.15) is 0 Å². The lowest BCUT2D eigenvalue weighted by atomic mass is 9.86. The second-order valence-electron chi connectivity index (χ2n) is 5.39. The molecule has 2 aliphatic heterocycles. The number of aliphatic imine (C=N–C) groups is 1. The third kappa shape index (κ3) is 2.97. The zero-order valence-corrected chi connectivity index (χ0v) is 11.2. The fraction of sp³-hybridized carbons (Fsp3) is 0.923. The number of nitrogens with zero attached hydrogens (tertiary/aromatic N) is 1. The van der Waals surface area contributed by atoms with Gasteiger partial charge < -0.3 is 10.1 Å².